The lowest BCUT2D eigenvalue weighted by Gasteiger charge is -2.11. The monoisotopic (exact) mass is 285 g/mol. The molecule has 2 aromatic carbocycles. The SMILES string of the molecule is CCOc1cccc(NCCOc2ccc(C)c(C)c2)c1. The van der Waals surface area contributed by atoms with E-state index in [2.05, 4.69) is 31.3 Å². The van der Waals surface area contributed by atoms with E-state index in [1.54, 1.807) is 0 Å². The Morgan fingerprint density at radius 2 is 1.71 bits per heavy atom. The van der Waals surface area contributed by atoms with Crippen LogP contribution in [0.5, 0.6) is 11.5 Å². The van der Waals surface area contributed by atoms with Gasteiger partial charge < -0.3 is 14.8 Å². The Labute approximate surface area is 126 Å². The fourth-order valence-corrected chi connectivity index (χ4v) is 2.03. The van der Waals surface area contributed by atoms with Gasteiger partial charge >= 0.3 is 0 Å². The van der Waals surface area contributed by atoms with Gasteiger partial charge in [-0.2, -0.15) is 0 Å². The zero-order valence-corrected chi connectivity index (χ0v) is 13.0. The van der Waals surface area contributed by atoms with Gasteiger partial charge in [0, 0.05) is 18.3 Å². The van der Waals surface area contributed by atoms with E-state index in [-0.39, 0.29) is 0 Å². The summed E-state index contributed by atoms with van der Waals surface area (Å²) in [5.41, 5.74) is 3.59. The molecule has 0 radical (unpaired) electrons. The molecule has 21 heavy (non-hydrogen) atoms. The van der Waals surface area contributed by atoms with E-state index in [0.29, 0.717) is 13.2 Å². The molecule has 2 aromatic rings. The second-order valence-corrected chi connectivity index (χ2v) is 4.98. The molecule has 0 spiro atoms. The summed E-state index contributed by atoms with van der Waals surface area (Å²) >= 11 is 0. The fourth-order valence-electron chi connectivity index (χ4n) is 2.03. The average molecular weight is 285 g/mol. The van der Waals surface area contributed by atoms with Crippen molar-refractivity contribution in [2.45, 2.75) is 20.8 Å². The molecule has 3 nitrogen and oxygen atoms in total. The summed E-state index contributed by atoms with van der Waals surface area (Å²) in [6.45, 7) is 8.24. The van der Waals surface area contributed by atoms with E-state index in [9.17, 15) is 0 Å². The highest BCUT2D eigenvalue weighted by atomic mass is 16.5. The predicted octanol–water partition coefficient (Wildman–Crippen LogP) is 4.19. The molecule has 0 aliphatic heterocycles. The molecule has 0 amide bonds. The van der Waals surface area contributed by atoms with Crippen molar-refractivity contribution in [3.05, 3.63) is 53.6 Å². The van der Waals surface area contributed by atoms with Crippen LogP contribution in [0.3, 0.4) is 0 Å². The first-order valence-electron chi connectivity index (χ1n) is 7.36. The van der Waals surface area contributed by atoms with Gasteiger partial charge in [-0.15, -0.1) is 0 Å². The van der Waals surface area contributed by atoms with Crippen LogP contribution >= 0.6 is 0 Å². The Kier molecular flexibility index (Phi) is 5.50. The number of nitrogens with one attached hydrogen (secondary N) is 1. The van der Waals surface area contributed by atoms with E-state index < -0.39 is 0 Å². The Morgan fingerprint density at radius 1 is 0.905 bits per heavy atom. The van der Waals surface area contributed by atoms with Gasteiger partial charge in [-0.1, -0.05) is 12.1 Å². The molecule has 0 unspecified atom stereocenters. The molecule has 0 aliphatic rings. The van der Waals surface area contributed by atoms with Gasteiger partial charge in [0.25, 0.3) is 0 Å². The van der Waals surface area contributed by atoms with Gasteiger partial charge in [0.15, 0.2) is 0 Å². The summed E-state index contributed by atoms with van der Waals surface area (Å²) < 4.78 is 11.2. The van der Waals surface area contributed by atoms with Crippen LogP contribution in [0.25, 0.3) is 0 Å². The summed E-state index contributed by atoms with van der Waals surface area (Å²) in [7, 11) is 0. The number of anilines is 1. The second kappa shape index (κ2) is 7.58. The van der Waals surface area contributed by atoms with Gasteiger partial charge in [0.1, 0.15) is 18.1 Å². The molecule has 0 aliphatic carbocycles. The van der Waals surface area contributed by atoms with Crippen LogP contribution in [0.15, 0.2) is 42.5 Å². The molecule has 112 valence electrons. The molecule has 0 fully saturated rings. The lowest BCUT2D eigenvalue weighted by atomic mass is 10.1. The number of benzene rings is 2. The predicted molar refractivity (Wildman–Crippen MR) is 87.5 cm³/mol. The van der Waals surface area contributed by atoms with Crippen LogP contribution in [0.4, 0.5) is 5.69 Å². The number of rotatable bonds is 7. The topological polar surface area (TPSA) is 30.5 Å². The smallest absolute Gasteiger partial charge is 0.121 e. The van der Waals surface area contributed by atoms with E-state index in [1.807, 2.05) is 37.3 Å². The fraction of sp³-hybridized carbons (Fsp3) is 0.333. The molecule has 0 saturated heterocycles. The largest absolute Gasteiger partial charge is 0.494 e. The molecule has 0 bridgehead atoms. The van der Waals surface area contributed by atoms with Crippen molar-refractivity contribution in [2.24, 2.45) is 0 Å². The van der Waals surface area contributed by atoms with E-state index in [1.165, 1.54) is 11.1 Å². The molecule has 0 aromatic heterocycles. The summed E-state index contributed by atoms with van der Waals surface area (Å²) in [4.78, 5) is 0. The highest BCUT2D eigenvalue weighted by Crippen LogP contribution is 2.18. The molecule has 3 heteroatoms. The van der Waals surface area contributed by atoms with Crippen molar-refractivity contribution in [1.29, 1.82) is 0 Å². The molecule has 1 N–H and O–H groups in total. The third-order valence-corrected chi connectivity index (χ3v) is 3.32. The van der Waals surface area contributed by atoms with Crippen LogP contribution in [-0.4, -0.2) is 19.8 Å². The third kappa shape index (κ3) is 4.71. The average Bonchev–Trinajstić information content (AvgIpc) is 2.48. The number of hydrogen-bond acceptors (Lipinski definition) is 3. The minimum Gasteiger partial charge on any atom is -0.494 e. The van der Waals surface area contributed by atoms with E-state index in [0.717, 1.165) is 23.7 Å². The van der Waals surface area contributed by atoms with Crippen LogP contribution in [0.1, 0.15) is 18.1 Å². The number of aryl methyl sites for hydroxylation is 2. The van der Waals surface area contributed by atoms with Crippen LogP contribution in [0.2, 0.25) is 0 Å². The zero-order chi connectivity index (χ0) is 15.1. The Balaban J connectivity index is 1.79. The summed E-state index contributed by atoms with van der Waals surface area (Å²) in [6.07, 6.45) is 0. The Morgan fingerprint density at radius 3 is 2.48 bits per heavy atom. The zero-order valence-electron chi connectivity index (χ0n) is 13.0. The Hall–Kier alpha value is -2.16. The maximum atomic E-state index is 5.75. The lowest BCUT2D eigenvalue weighted by molar-refractivity contribution is 0.332. The van der Waals surface area contributed by atoms with Crippen molar-refractivity contribution in [3.8, 4) is 11.5 Å². The third-order valence-electron chi connectivity index (χ3n) is 3.32. The first kappa shape index (κ1) is 15.2. The minimum absolute atomic E-state index is 0.626. The van der Waals surface area contributed by atoms with Crippen LogP contribution < -0.4 is 14.8 Å². The standard InChI is InChI=1S/C18H23NO2/c1-4-20-17-7-5-6-16(13-17)19-10-11-21-18-9-8-14(2)15(3)12-18/h5-9,12-13,19H,4,10-11H2,1-3H3. The van der Waals surface area contributed by atoms with Crippen LogP contribution in [0, 0.1) is 13.8 Å². The van der Waals surface area contributed by atoms with Crippen molar-refractivity contribution in [1.82, 2.24) is 0 Å². The molecular formula is C18H23NO2. The first-order chi connectivity index (χ1) is 10.2. The summed E-state index contributed by atoms with van der Waals surface area (Å²) in [5.74, 6) is 1.81. The van der Waals surface area contributed by atoms with Crippen molar-refractivity contribution < 1.29 is 9.47 Å². The van der Waals surface area contributed by atoms with Gasteiger partial charge in [-0.25, -0.2) is 0 Å². The van der Waals surface area contributed by atoms with Crippen molar-refractivity contribution in [3.63, 3.8) is 0 Å². The maximum Gasteiger partial charge on any atom is 0.121 e. The Bertz CT molecular complexity index is 581. The summed E-state index contributed by atoms with van der Waals surface area (Å²) in [6, 6.07) is 14.1. The minimum atomic E-state index is 0.626. The van der Waals surface area contributed by atoms with Crippen LogP contribution in [-0.2, 0) is 0 Å². The number of hydrogen-bond donors (Lipinski definition) is 1. The highest BCUT2D eigenvalue weighted by Gasteiger charge is 1.98. The molecule has 2 rings (SSSR count). The maximum absolute atomic E-state index is 5.75. The first-order valence-corrected chi connectivity index (χ1v) is 7.36. The molecule has 0 heterocycles. The quantitative estimate of drug-likeness (QED) is 0.774. The van der Waals surface area contributed by atoms with Crippen molar-refractivity contribution >= 4 is 5.69 Å². The van der Waals surface area contributed by atoms with Gasteiger partial charge in [0.05, 0.1) is 6.61 Å². The van der Waals surface area contributed by atoms with E-state index in [4.69, 9.17) is 9.47 Å². The lowest BCUT2D eigenvalue weighted by Crippen LogP contribution is -2.11. The van der Waals surface area contributed by atoms with E-state index >= 15 is 0 Å². The number of ether oxygens (including phenoxy) is 2. The second-order valence-electron chi connectivity index (χ2n) is 4.98. The molecular weight excluding hydrogens is 262 g/mol. The highest BCUT2D eigenvalue weighted by molar-refractivity contribution is 5.48. The molecule has 0 atom stereocenters. The van der Waals surface area contributed by atoms with Gasteiger partial charge in [-0.3, -0.25) is 0 Å². The van der Waals surface area contributed by atoms with Gasteiger partial charge in [-0.05, 0) is 56.2 Å². The molecule has 0 saturated carbocycles. The summed E-state index contributed by atoms with van der Waals surface area (Å²) in [5, 5.41) is 3.33. The normalized spacial score (nSPS) is 10.2. The van der Waals surface area contributed by atoms with Crippen molar-refractivity contribution in [2.75, 3.05) is 25.1 Å². The van der Waals surface area contributed by atoms with Gasteiger partial charge in [0.2, 0.25) is 0 Å².